The van der Waals surface area contributed by atoms with Crippen molar-refractivity contribution in [3.8, 4) is 6.19 Å². The smallest absolute Gasteiger partial charge is 0.262 e. The molecule has 34 heavy (non-hydrogen) atoms. The molecular weight excluding hydrogens is 478 g/mol. The molecule has 4 rings (SSSR count). The molecular formula is C23H24ClN5O4S. The minimum absolute atomic E-state index is 0.0858. The van der Waals surface area contributed by atoms with Gasteiger partial charge in [-0.1, -0.05) is 11.6 Å². The standard InChI is InChI=1S/C23H24ClN5O4S/c1-15-12-16(2-3-17(15)29-8-11-32-9-6-20(29)26-14-25)27-22(31)23(7-10-33-13-23)28-21(30)18-4-5-19(24)34-18/h2-5,12H,6-11,13H2,1H3,(H,27,31)(H,28,30)/b26-20+/t23-/m0/s1. The van der Waals surface area contributed by atoms with Gasteiger partial charge in [-0.15, -0.1) is 11.3 Å². The number of hydrogen-bond acceptors (Lipinski definition) is 7. The van der Waals surface area contributed by atoms with Gasteiger partial charge in [-0.05, 0) is 42.8 Å². The van der Waals surface area contributed by atoms with Crippen molar-refractivity contribution in [2.24, 2.45) is 4.99 Å². The minimum atomic E-state index is -1.17. The van der Waals surface area contributed by atoms with Gasteiger partial charge in [-0.2, -0.15) is 10.3 Å². The van der Waals surface area contributed by atoms with Crippen molar-refractivity contribution in [2.75, 3.05) is 43.2 Å². The predicted octanol–water partition coefficient (Wildman–Crippen LogP) is 3.34. The molecule has 1 aromatic carbocycles. The Morgan fingerprint density at radius 3 is 2.76 bits per heavy atom. The molecule has 1 atom stereocenters. The number of nitrogens with zero attached hydrogens (tertiary/aromatic N) is 3. The van der Waals surface area contributed by atoms with Gasteiger partial charge in [-0.3, -0.25) is 9.59 Å². The number of aryl methyl sites for hydroxylation is 1. The number of thiophene rings is 1. The maximum atomic E-state index is 13.3. The van der Waals surface area contributed by atoms with Crippen LogP contribution >= 0.6 is 22.9 Å². The fraction of sp³-hybridized carbons (Fsp3) is 0.391. The van der Waals surface area contributed by atoms with E-state index in [-0.39, 0.29) is 18.4 Å². The van der Waals surface area contributed by atoms with Gasteiger partial charge in [0.25, 0.3) is 11.8 Å². The number of hydrogen-bond donors (Lipinski definition) is 2. The zero-order valence-electron chi connectivity index (χ0n) is 18.6. The molecule has 3 heterocycles. The lowest BCUT2D eigenvalue weighted by Gasteiger charge is -2.28. The molecule has 2 aromatic rings. The lowest BCUT2D eigenvalue weighted by molar-refractivity contribution is -0.122. The fourth-order valence-electron chi connectivity index (χ4n) is 4.02. The Balaban J connectivity index is 1.51. The van der Waals surface area contributed by atoms with Gasteiger partial charge >= 0.3 is 0 Å². The highest BCUT2D eigenvalue weighted by atomic mass is 35.5. The first-order chi connectivity index (χ1) is 16.4. The molecule has 1 aromatic heterocycles. The van der Waals surface area contributed by atoms with Crippen LogP contribution in [-0.2, 0) is 14.3 Å². The van der Waals surface area contributed by atoms with Crippen LogP contribution in [0.4, 0.5) is 11.4 Å². The highest BCUT2D eigenvalue weighted by molar-refractivity contribution is 7.18. The molecule has 2 fully saturated rings. The topological polar surface area (TPSA) is 116 Å². The molecule has 0 unspecified atom stereocenters. The molecule has 2 amide bonds. The van der Waals surface area contributed by atoms with Crippen LogP contribution in [0, 0.1) is 18.4 Å². The van der Waals surface area contributed by atoms with Crippen LogP contribution in [0.1, 0.15) is 28.1 Å². The van der Waals surface area contributed by atoms with E-state index in [1.165, 1.54) is 0 Å². The molecule has 2 saturated heterocycles. The molecule has 0 bridgehead atoms. The number of benzene rings is 1. The summed E-state index contributed by atoms with van der Waals surface area (Å²) in [7, 11) is 0. The number of amides is 2. The number of halogens is 1. The molecule has 9 nitrogen and oxygen atoms in total. The number of carbonyl (C=O) groups excluding carboxylic acids is 2. The van der Waals surface area contributed by atoms with Crippen LogP contribution < -0.4 is 15.5 Å². The van der Waals surface area contributed by atoms with Gasteiger partial charge in [0.05, 0.1) is 29.0 Å². The highest BCUT2D eigenvalue weighted by Gasteiger charge is 2.44. The number of amidine groups is 1. The zero-order valence-corrected chi connectivity index (χ0v) is 20.2. The Kier molecular flexibility index (Phi) is 7.48. The Hall–Kier alpha value is -2.97. The van der Waals surface area contributed by atoms with Crippen molar-refractivity contribution in [2.45, 2.75) is 25.3 Å². The fourth-order valence-corrected chi connectivity index (χ4v) is 4.96. The summed E-state index contributed by atoms with van der Waals surface area (Å²) >= 11 is 7.10. The molecule has 2 aliphatic heterocycles. The maximum Gasteiger partial charge on any atom is 0.262 e. The SMILES string of the molecule is Cc1cc(NC(=O)[C@]2(NC(=O)c3ccc(Cl)s3)CCOC2)ccc1N1CCOCC/C1=N\C#N. The monoisotopic (exact) mass is 501 g/mol. The van der Waals surface area contributed by atoms with E-state index in [0.717, 1.165) is 22.6 Å². The van der Waals surface area contributed by atoms with E-state index in [0.29, 0.717) is 59.9 Å². The van der Waals surface area contributed by atoms with Crippen LogP contribution in [0.3, 0.4) is 0 Å². The summed E-state index contributed by atoms with van der Waals surface area (Å²) in [5.74, 6) is -0.0573. The second-order valence-corrected chi connectivity index (χ2v) is 9.76. The molecule has 0 saturated carbocycles. The number of nitrogens with one attached hydrogen (secondary N) is 2. The van der Waals surface area contributed by atoms with Crippen LogP contribution in [0.2, 0.25) is 4.34 Å². The Labute approximate surface area is 206 Å². The third-order valence-corrected chi connectivity index (χ3v) is 7.00. The van der Waals surface area contributed by atoms with Crippen molar-refractivity contribution < 1.29 is 19.1 Å². The molecule has 0 spiro atoms. The van der Waals surface area contributed by atoms with Crippen LogP contribution in [0.15, 0.2) is 35.3 Å². The molecule has 2 N–H and O–H groups in total. The number of anilines is 2. The third kappa shape index (κ3) is 5.23. The Bertz CT molecular complexity index is 1150. The second-order valence-electron chi connectivity index (χ2n) is 8.04. The van der Waals surface area contributed by atoms with Gasteiger partial charge < -0.3 is 25.0 Å². The normalized spacial score (nSPS) is 21.7. The lowest BCUT2D eigenvalue weighted by atomic mass is 9.96. The largest absolute Gasteiger partial charge is 0.379 e. The Morgan fingerprint density at radius 1 is 1.24 bits per heavy atom. The number of ether oxygens (including phenoxy) is 2. The first kappa shape index (κ1) is 24.2. The van der Waals surface area contributed by atoms with Crippen molar-refractivity contribution in [1.29, 1.82) is 5.26 Å². The van der Waals surface area contributed by atoms with E-state index in [1.807, 2.05) is 30.1 Å². The second kappa shape index (κ2) is 10.5. The van der Waals surface area contributed by atoms with E-state index in [1.54, 1.807) is 18.2 Å². The number of carbonyl (C=O) groups is 2. The summed E-state index contributed by atoms with van der Waals surface area (Å²) in [5.41, 5.74) is 1.21. The first-order valence-corrected chi connectivity index (χ1v) is 12.0. The number of rotatable bonds is 5. The van der Waals surface area contributed by atoms with E-state index in [2.05, 4.69) is 15.6 Å². The van der Waals surface area contributed by atoms with Gasteiger partial charge in [0.15, 0.2) is 0 Å². The van der Waals surface area contributed by atoms with Crippen LogP contribution in [0.5, 0.6) is 0 Å². The van der Waals surface area contributed by atoms with E-state index in [4.69, 9.17) is 26.3 Å². The molecule has 0 radical (unpaired) electrons. The molecule has 11 heteroatoms. The number of nitriles is 1. The van der Waals surface area contributed by atoms with Crippen molar-refractivity contribution in [1.82, 2.24) is 5.32 Å². The summed E-state index contributed by atoms with van der Waals surface area (Å²) in [5, 5.41) is 14.8. The van der Waals surface area contributed by atoms with Crippen molar-refractivity contribution in [3.05, 3.63) is 45.1 Å². The molecule has 178 valence electrons. The third-order valence-electron chi connectivity index (χ3n) is 5.77. The van der Waals surface area contributed by atoms with E-state index in [9.17, 15) is 9.59 Å². The van der Waals surface area contributed by atoms with Crippen molar-refractivity contribution in [3.63, 3.8) is 0 Å². The summed E-state index contributed by atoms with van der Waals surface area (Å²) in [6, 6.07) is 8.80. The summed E-state index contributed by atoms with van der Waals surface area (Å²) in [4.78, 5) is 32.4. The summed E-state index contributed by atoms with van der Waals surface area (Å²) in [6.07, 6.45) is 2.78. The molecule has 2 aliphatic rings. The van der Waals surface area contributed by atoms with Gasteiger partial charge in [-0.25, -0.2) is 0 Å². The van der Waals surface area contributed by atoms with E-state index < -0.39 is 5.54 Å². The maximum absolute atomic E-state index is 13.3. The lowest BCUT2D eigenvalue weighted by Crippen LogP contribution is -2.57. The number of aliphatic imine (C=N–C) groups is 1. The Morgan fingerprint density at radius 2 is 2.09 bits per heavy atom. The summed E-state index contributed by atoms with van der Waals surface area (Å²) < 4.78 is 11.5. The van der Waals surface area contributed by atoms with Gasteiger partial charge in [0.2, 0.25) is 6.19 Å². The quantitative estimate of drug-likeness (QED) is 0.607. The van der Waals surface area contributed by atoms with Crippen molar-refractivity contribution >= 4 is 52.0 Å². The first-order valence-electron chi connectivity index (χ1n) is 10.8. The van der Waals surface area contributed by atoms with Gasteiger partial charge in [0.1, 0.15) is 11.4 Å². The van der Waals surface area contributed by atoms with Gasteiger partial charge in [0, 0.05) is 37.4 Å². The van der Waals surface area contributed by atoms with E-state index >= 15 is 0 Å². The molecule has 0 aliphatic carbocycles. The predicted molar refractivity (Wildman–Crippen MR) is 131 cm³/mol. The average molecular weight is 502 g/mol. The highest BCUT2D eigenvalue weighted by Crippen LogP contribution is 2.28. The van der Waals surface area contributed by atoms with Crippen LogP contribution in [-0.4, -0.2) is 56.2 Å². The van der Waals surface area contributed by atoms with Crippen LogP contribution in [0.25, 0.3) is 0 Å². The summed E-state index contributed by atoms with van der Waals surface area (Å²) in [6.45, 7) is 4.00. The zero-order chi connectivity index (χ0) is 24.1. The average Bonchev–Trinajstić information content (AvgIpc) is 3.40. The minimum Gasteiger partial charge on any atom is -0.379 e.